The predicted molar refractivity (Wildman–Crippen MR) is 82.8 cm³/mol. The highest BCUT2D eigenvalue weighted by Crippen LogP contribution is 2.55. The van der Waals surface area contributed by atoms with Gasteiger partial charge in [-0.25, -0.2) is 0 Å². The second-order valence-electron chi connectivity index (χ2n) is 7.91. The lowest BCUT2D eigenvalue weighted by Crippen LogP contribution is -2.65. The van der Waals surface area contributed by atoms with Crippen molar-refractivity contribution in [2.45, 2.75) is 50.1 Å². The fourth-order valence-electron chi connectivity index (χ4n) is 5.09. The summed E-state index contributed by atoms with van der Waals surface area (Å²) in [4.78, 5) is 36.7. The summed E-state index contributed by atoms with van der Waals surface area (Å²) in [6, 6.07) is 1.66. The Labute approximate surface area is 140 Å². The van der Waals surface area contributed by atoms with Gasteiger partial charge in [0.2, 0.25) is 17.7 Å². The van der Waals surface area contributed by atoms with Crippen molar-refractivity contribution in [3.8, 4) is 6.07 Å². The summed E-state index contributed by atoms with van der Waals surface area (Å²) in [7, 11) is 0. The van der Waals surface area contributed by atoms with E-state index in [0.29, 0.717) is 25.2 Å². The summed E-state index contributed by atoms with van der Waals surface area (Å²) in [5, 5.41) is 15.1. The number of carbonyl (C=O) groups excluding carboxylic acids is 3. The van der Waals surface area contributed by atoms with Crippen LogP contribution in [0.25, 0.3) is 0 Å². The second kappa shape index (κ2) is 5.28. The molecule has 1 unspecified atom stereocenters. The molecule has 4 saturated carbocycles. The lowest BCUT2D eigenvalue weighted by Gasteiger charge is -2.52. The number of nitrogens with two attached hydrogens (primary N) is 1. The average Bonchev–Trinajstić information content (AvgIpc) is 3.32. The van der Waals surface area contributed by atoms with Crippen LogP contribution in [0.2, 0.25) is 0 Å². The molecular weight excluding hydrogens is 308 g/mol. The molecule has 1 saturated heterocycles. The summed E-state index contributed by atoms with van der Waals surface area (Å²) in [5.41, 5.74) is 4.91. The van der Waals surface area contributed by atoms with Crippen LogP contribution in [-0.2, 0) is 14.4 Å². The van der Waals surface area contributed by atoms with Gasteiger partial charge in [-0.1, -0.05) is 12.8 Å². The third-order valence-corrected chi connectivity index (χ3v) is 6.41. The zero-order valence-electron chi connectivity index (χ0n) is 13.5. The molecule has 5 aliphatic rings. The van der Waals surface area contributed by atoms with Gasteiger partial charge in [-0.2, -0.15) is 5.26 Å². The van der Waals surface area contributed by atoms with E-state index in [9.17, 15) is 19.6 Å². The molecule has 0 radical (unpaired) electrons. The van der Waals surface area contributed by atoms with Crippen LogP contribution < -0.4 is 16.4 Å². The van der Waals surface area contributed by atoms with Gasteiger partial charge in [-0.3, -0.25) is 19.7 Å². The van der Waals surface area contributed by atoms with Crippen LogP contribution in [0.3, 0.4) is 0 Å². The topological polar surface area (TPSA) is 125 Å². The van der Waals surface area contributed by atoms with Gasteiger partial charge < -0.3 is 11.1 Å². The number of fused-ring (bicyclic) bond motifs is 2. The summed E-state index contributed by atoms with van der Waals surface area (Å²) >= 11 is 0. The standard InChI is InChI=1S/C17H22N4O3/c18-7-17(21-14(22)11(19)5-8-1-2-8)6-9-3-4-10(17)13-12(9)15(23)20-16(13)24/h8-13H,1-6,19H2,(H,21,22)(H,20,23,24)/t9-,10-,11+,12+,13-,17?/m1/s1. The highest BCUT2D eigenvalue weighted by Gasteiger charge is 2.64. The van der Waals surface area contributed by atoms with Gasteiger partial charge in [-0.05, 0) is 37.5 Å². The molecule has 0 aromatic heterocycles. The minimum absolute atomic E-state index is 0.0361. The van der Waals surface area contributed by atoms with Gasteiger partial charge in [0.15, 0.2) is 0 Å². The molecule has 24 heavy (non-hydrogen) atoms. The maximum absolute atomic E-state index is 12.5. The first-order valence-electron chi connectivity index (χ1n) is 8.79. The molecule has 2 bridgehead atoms. The monoisotopic (exact) mass is 330 g/mol. The van der Waals surface area contributed by atoms with E-state index in [1.165, 1.54) is 0 Å². The quantitative estimate of drug-likeness (QED) is 0.616. The number of amides is 3. The van der Waals surface area contributed by atoms with E-state index in [4.69, 9.17) is 5.73 Å². The fraction of sp³-hybridized carbons (Fsp3) is 0.765. The number of imide groups is 1. The molecule has 128 valence electrons. The van der Waals surface area contributed by atoms with E-state index in [1.807, 2.05) is 0 Å². The van der Waals surface area contributed by atoms with E-state index in [0.717, 1.165) is 19.3 Å². The van der Waals surface area contributed by atoms with Gasteiger partial charge in [0.1, 0.15) is 5.54 Å². The molecule has 1 aliphatic heterocycles. The molecule has 0 aromatic rings. The molecule has 5 fully saturated rings. The Morgan fingerprint density at radius 2 is 2.00 bits per heavy atom. The molecule has 0 spiro atoms. The van der Waals surface area contributed by atoms with Crippen molar-refractivity contribution in [2.75, 3.05) is 0 Å². The Kier molecular flexibility index (Phi) is 3.43. The van der Waals surface area contributed by atoms with Gasteiger partial charge >= 0.3 is 0 Å². The average molecular weight is 330 g/mol. The van der Waals surface area contributed by atoms with Crippen molar-refractivity contribution < 1.29 is 14.4 Å². The summed E-state index contributed by atoms with van der Waals surface area (Å²) < 4.78 is 0. The number of hydrogen-bond donors (Lipinski definition) is 3. The third-order valence-electron chi connectivity index (χ3n) is 6.41. The minimum atomic E-state index is -1.08. The van der Waals surface area contributed by atoms with Gasteiger partial charge in [-0.15, -0.1) is 0 Å². The molecule has 7 nitrogen and oxygen atoms in total. The van der Waals surface area contributed by atoms with E-state index in [2.05, 4.69) is 16.7 Å². The van der Waals surface area contributed by atoms with Gasteiger partial charge in [0.25, 0.3) is 0 Å². The second-order valence-corrected chi connectivity index (χ2v) is 7.91. The first-order chi connectivity index (χ1) is 11.4. The Bertz CT molecular complexity index is 653. The Hall–Kier alpha value is -1.94. The normalized spacial score (nSPS) is 41.3. The number of nitriles is 1. The maximum Gasteiger partial charge on any atom is 0.238 e. The van der Waals surface area contributed by atoms with Crippen LogP contribution in [0.5, 0.6) is 0 Å². The lowest BCUT2D eigenvalue weighted by molar-refractivity contribution is -0.137. The molecule has 5 rings (SSSR count). The van der Waals surface area contributed by atoms with Crippen molar-refractivity contribution >= 4 is 17.7 Å². The minimum Gasteiger partial charge on any atom is -0.336 e. The van der Waals surface area contributed by atoms with Crippen LogP contribution in [-0.4, -0.2) is 29.3 Å². The van der Waals surface area contributed by atoms with Crippen LogP contribution >= 0.6 is 0 Å². The van der Waals surface area contributed by atoms with Crippen molar-refractivity contribution in [3.05, 3.63) is 0 Å². The highest BCUT2D eigenvalue weighted by molar-refractivity contribution is 6.06. The van der Waals surface area contributed by atoms with E-state index >= 15 is 0 Å². The molecule has 4 N–H and O–H groups in total. The number of rotatable bonds is 4. The first-order valence-corrected chi connectivity index (χ1v) is 8.79. The number of carbonyl (C=O) groups is 3. The molecule has 3 amide bonds. The van der Waals surface area contributed by atoms with Gasteiger partial charge in [0.05, 0.1) is 23.9 Å². The van der Waals surface area contributed by atoms with Crippen molar-refractivity contribution in [2.24, 2.45) is 35.3 Å². The van der Waals surface area contributed by atoms with Crippen LogP contribution in [0.1, 0.15) is 38.5 Å². The van der Waals surface area contributed by atoms with E-state index in [1.54, 1.807) is 0 Å². The fourth-order valence-corrected chi connectivity index (χ4v) is 5.09. The number of hydrogen-bond acceptors (Lipinski definition) is 5. The number of nitrogens with zero attached hydrogens (tertiary/aromatic N) is 1. The molecule has 4 aliphatic carbocycles. The largest absolute Gasteiger partial charge is 0.336 e. The third kappa shape index (κ3) is 2.24. The van der Waals surface area contributed by atoms with Crippen LogP contribution in [0.15, 0.2) is 0 Å². The maximum atomic E-state index is 12.5. The van der Waals surface area contributed by atoms with Crippen LogP contribution in [0, 0.1) is 40.9 Å². The molecule has 1 heterocycles. The first kappa shape index (κ1) is 15.6. The Balaban J connectivity index is 1.56. The summed E-state index contributed by atoms with van der Waals surface area (Å²) in [6.45, 7) is 0. The SMILES string of the molecule is N#CC1(NC(=O)[C@@H](N)CC2CC2)C[C@H]2CC[C@@H]1[C@H]1C(=O)NC(=O)[C@@H]21. The molecule has 7 heteroatoms. The van der Waals surface area contributed by atoms with Crippen molar-refractivity contribution in [1.29, 1.82) is 5.26 Å². The molecule has 0 aromatic carbocycles. The molecule has 6 atom stereocenters. The van der Waals surface area contributed by atoms with E-state index in [-0.39, 0.29) is 35.5 Å². The highest BCUT2D eigenvalue weighted by atomic mass is 16.2. The Morgan fingerprint density at radius 1 is 1.29 bits per heavy atom. The Morgan fingerprint density at radius 3 is 2.67 bits per heavy atom. The van der Waals surface area contributed by atoms with Crippen LogP contribution in [0.4, 0.5) is 0 Å². The summed E-state index contributed by atoms with van der Waals surface area (Å²) in [6.07, 6.45) is 4.80. The van der Waals surface area contributed by atoms with Crippen molar-refractivity contribution in [1.82, 2.24) is 10.6 Å². The zero-order chi connectivity index (χ0) is 17.1. The smallest absolute Gasteiger partial charge is 0.238 e. The lowest BCUT2D eigenvalue weighted by atomic mass is 9.52. The predicted octanol–water partition coefficient (Wildman–Crippen LogP) is -0.189. The molecular formula is C17H22N4O3. The number of nitrogens with one attached hydrogen (secondary N) is 2. The van der Waals surface area contributed by atoms with Crippen molar-refractivity contribution in [3.63, 3.8) is 0 Å². The zero-order valence-corrected chi connectivity index (χ0v) is 13.5. The van der Waals surface area contributed by atoms with E-state index < -0.39 is 17.5 Å². The summed E-state index contributed by atoms with van der Waals surface area (Å²) in [5.74, 6) is -1.49. The van der Waals surface area contributed by atoms with Gasteiger partial charge in [0, 0.05) is 5.92 Å².